The van der Waals surface area contributed by atoms with E-state index in [0.717, 1.165) is 102 Å². The van der Waals surface area contributed by atoms with Crippen LogP contribution in [-0.4, -0.2) is 5.11 Å². The zero-order valence-corrected chi connectivity index (χ0v) is 46.1. The number of nitrogens with zero attached hydrogens (tertiary/aromatic N) is 2. The number of aryl methyl sites for hydroxylation is 3. The van der Waals surface area contributed by atoms with Crippen LogP contribution in [0.1, 0.15) is 81.2 Å². The van der Waals surface area contributed by atoms with E-state index >= 15 is 0 Å². The molecule has 4 heteroatoms. The average Bonchev–Trinajstić information content (AvgIpc) is 4.01. The van der Waals surface area contributed by atoms with Crippen molar-refractivity contribution >= 4 is 88.4 Å². The minimum atomic E-state index is 0.181. The van der Waals surface area contributed by atoms with Crippen molar-refractivity contribution in [3.63, 3.8) is 0 Å². The van der Waals surface area contributed by atoms with E-state index in [1.165, 1.54) is 54.9 Å². The first-order chi connectivity index (χ1) is 38.6. The molecule has 386 valence electrons. The number of phenolic OH excluding ortho intramolecular Hbond substituents is 1. The van der Waals surface area contributed by atoms with Gasteiger partial charge in [0.2, 0.25) is 0 Å². The molecule has 0 saturated heterocycles. The highest BCUT2D eigenvalue weighted by atomic mass is 16.3. The molecule has 0 fully saturated rings. The number of hydrogen-bond acceptors (Lipinski definition) is 4. The van der Waals surface area contributed by atoms with Gasteiger partial charge in [-0.1, -0.05) is 205 Å². The number of furan rings is 1. The van der Waals surface area contributed by atoms with E-state index in [-0.39, 0.29) is 17.6 Å². The van der Waals surface area contributed by atoms with Gasteiger partial charge in [0.1, 0.15) is 11.3 Å². The Labute approximate surface area is 463 Å². The summed E-state index contributed by atoms with van der Waals surface area (Å²) in [5.41, 5.74) is 20.0. The van der Waals surface area contributed by atoms with Crippen LogP contribution in [0.15, 0.2) is 223 Å². The number of benzene rings is 12. The highest BCUT2D eigenvalue weighted by molar-refractivity contribution is 6.30. The summed E-state index contributed by atoms with van der Waals surface area (Å²) in [6.07, 6.45) is 1.87. The minimum Gasteiger partial charge on any atom is -0.505 e. The van der Waals surface area contributed by atoms with E-state index < -0.39 is 0 Å². The van der Waals surface area contributed by atoms with E-state index in [0.29, 0.717) is 5.69 Å². The fourth-order valence-electron chi connectivity index (χ4n) is 12.4. The molecule has 1 heterocycles. The zero-order chi connectivity index (χ0) is 54.1. The second-order valence-corrected chi connectivity index (χ2v) is 21.9. The Morgan fingerprint density at radius 1 is 0.380 bits per heavy atom. The number of fused-ring (bicyclic) bond motifs is 3. The monoisotopic (exact) mass is 1020 g/mol. The average molecular weight is 1030 g/mol. The smallest absolute Gasteiger partial charge is 0.159 e. The van der Waals surface area contributed by atoms with Crippen molar-refractivity contribution in [1.82, 2.24) is 0 Å². The number of anilines is 6. The van der Waals surface area contributed by atoms with Crippen molar-refractivity contribution in [3.8, 4) is 39.1 Å². The van der Waals surface area contributed by atoms with Crippen molar-refractivity contribution in [2.75, 3.05) is 9.80 Å². The molecule has 13 rings (SSSR count). The number of aromatic hydroxyl groups is 1. The molecule has 0 bridgehead atoms. The molecule has 0 radical (unpaired) electrons. The lowest BCUT2D eigenvalue weighted by Gasteiger charge is -2.32. The second kappa shape index (κ2) is 20.0. The molecule has 4 nitrogen and oxygen atoms in total. The molecule has 79 heavy (non-hydrogen) atoms. The largest absolute Gasteiger partial charge is 0.505 e. The number of phenols is 1. The van der Waals surface area contributed by atoms with Gasteiger partial charge in [0.15, 0.2) is 5.58 Å². The van der Waals surface area contributed by atoms with Gasteiger partial charge in [0.05, 0.1) is 22.7 Å². The fourth-order valence-corrected chi connectivity index (χ4v) is 12.4. The summed E-state index contributed by atoms with van der Waals surface area (Å²) < 4.78 is 7.23. The molecule has 1 aromatic heterocycles. The maximum atomic E-state index is 13.0. The van der Waals surface area contributed by atoms with Crippen LogP contribution in [0.2, 0.25) is 0 Å². The molecule has 0 amide bonds. The molecule has 0 saturated carbocycles. The summed E-state index contributed by atoms with van der Waals surface area (Å²) in [5, 5.41) is 22.3. The molecular formula is C75H64N2O2. The zero-order valence-electron chi connectivity index (χ0n) is 46.1. The molecule has 12 aromatic carbocycles. The molecule has 0 atom stereocenters. The summed E-state index contributed by atoms with van der Waals surface area (Å²) >= 11 is 0. The van der Waals surface area contributed by atoms with Crippen molar-refractivity contribution in [3.05, 3.63) is 246 Å². The second-order valence-electron chi connectivity index (χ2n) is 21.9. The van der Waals surface area contributed by atoms with E-state index in [9.17, 15) is 5.11 Å². The van der Waals surface area contributed by atoms with Gasteiger partial charge in [0.25, 0.3) is 0 Å². The van der Waals surface area contributed by atoms with Crippen molar-refractivity contribution in [2.45, 2.75) is 73.1 Å². The predicted octanol–water partition coefficient (Wildman–Crippen LogP) is 21.8. The van der Waals surface area contributed by atoms with Crippen LogP contribution in [0.4, 0.5) is 34.1 Å². The summed E-state index contributed by atoms with van der Waals surface area (Å²) in [6, 6.07) is 79.2. The summed E-state index contributed by atoms with van der Waals surface area (Å²) in [6.45, 7) is 15.8. The Morgan fingerprint density at radius 3 is 1.42 bits per heavy atom. The predicted molar refractivity (Wildman–Crippen MR) is 336 cm³/mol. The van der Waals surface area contributed by atoms with Gasteiger partial charge in [-0.2, -0.15) is 0 Å². The van der Waals surface area contributed by atoms with Crippen LogP contribution in [0, 0.1) is 6.92 Å². The molecule has 0 aliphatic heterocycles. The molecule has 13 aromatic rings. The maximum absolute atomic E-state index is 13.0. The van der Waals surface area contributed by atoms with Crippen molar-refractivity contribution in [2.24, 2.45) is 0 Å². The van der Waals surface area contributed by atoms with E-state index in [1.807, 2.05) is 6.07 Å². The molecule has 0 unspecified atom stereocenters. The van der Waals surface area contributed by atoms with Gasteiger partial charge in [-0.3, -0.25) is 0 Å². The Hall–Kier alpha value is -9.12. The van der Waals surface area contributed by atoms with Gasteiger partial charge >= 0.3 is 0 Å². The Balaban J connectivity index is 1.09. The van der Waals surface area contributed by atoms with E-state index in [1.54, 1.807) is 0 Å². The minimum absolute atomic E-state index is 0.181. The lowest BCUT2D eigenvalue weighted by atomic mass is 9.84. The summed E-state index contributed by atoms with van der Waals surface area (Å²) in [5.74, 6) is 0.607. The van der Waals surface area contributed by atoms with Crippen LogP contribution in [0.3, 0.4) is 0 Å². The van der Waals surface area contributed by atoms with Crippen molar-refractivity contribution < 1.29 is 9.52 Å². The van der Waals surface area contributed by atoms with Gasteiger partial charge in [-0.15, -0.1) is 0 Å². The third-order valence-electron chi connectivity index (χ3n) is 16.6. The topological polar surface area (TPSA) is 39.9 Å². The SMILES string of the molecule is CCc1ccc(N(c2cccc(-c3cccc(-c4ccccc4C)c3)c2O)c2cc(C(C)C)c3ccc4c(N(c5ccc(CC)cc5)c5cccc6c5oc5c(-c7ccccc7)cccc56)cc(C(C)C)c5ccc2c3c54)cc1. The van der Waals surface area contributed by atoms with Crippen molar-refractivity contribution in [1.29, 1.82) is 0 Å². The van der Waals surface area contributed by atoms with Gasteiger partial charge in [-0.25, -0.2) is 0 Å². The fraction of sp³-hybridized carbons (Fsp3) is 0.147. The molecule has 0 aliphatic rings. The molecule has 0 spiro atoms. The molecule has 1 N–H and O–H groups in total. The lowest BCUT2D eigenvalue weighted by Crippen LogP contribution is -2.13. The maximum Gasteiger partial charge on any atom is 0.159 e. The van der Waals surface area contributed by atoms with E-state index in [4.69, 9.17) is 4.42 Å². The Kier molecular flexibility index (Phi) is 12.5. The third kappa shape index (κ3) is 8.37. The van der Waals surface area contributed by atoms with Crippen LogP contribution < -0.4 is 9.80 Å². The summed E-state index contributed by atoms with van der Waals surface area (Å²) in [7, 11) is 0. The summed E-state index contributed by atoms with van der Waals surface area (Å²) in [4.78, 5) is 4.76. The number of para-hydroxylation sites is 3. The highest BCUT2D eigenvalue weighted by Gasteiger charge is 2.29. The first kappa shape index (κ1) is 49.5. The Bertz CT molecular complexity index is 4410. The first-order valence-electron chi connectivity index (χ1n) is 28.1. The van der Waals surface area contributed by atoms with Crippen LogP contribution >= 0.6 is 0 Å². The quantitative estimate of drug-likeness (QED) is 0.117. The molecular weight excluding hydrogens is 961 g/mol. The highest BCUT2D eigenvalue weighted by Crippen LogP contribution is 2.54. The standard InChI is InChI=1S/C75H64N2O2/c1-8-49-31-35-54(36-32-49)76(67-29-17-25-57(73(67)78)53-23-15-22-52(43-53)56-24-14-13-19-48(56)7)69-44-65(46(3)4)59-40-42-64-70(45-66(47(5)6)60-39-41-63(69)71(59)72(60)64)77(55-37-33-50(9-2)34-38-55)68-30-18-28-62-61-27-16-26-58(74(61)79-75(62)68)51-20-11-10-12-21-51/h10-47,78H,8-9H2,1-7H3. The third-order valence-corrected chi connectivity index (χ3v) is 16.6. The first-order valence-corrected chi connectivity index (χ1v) is 28.1. The lowest BCUT2D eigenvalue weighted by molar-refractivity contribution is 0.478. The van der Waals surface area contributed by atoms with Crippen LogP contribution in [0.5, 0.6) is 5.75 Å². The van der Waals surface area contributed by atoms with E-state index in [2.05, 4.69) is 271 Å². The van der Waals surface area contributed by atoms with Gasteiger partial charge in [0, 0.05) is 44.0 Å². The molecule has 0 aliphatic carbocycles. The number of rotatable bonds is 13. The Morgan fingerprint density at radius 2 is 0.835 bits per heavy atom. The van der Waals surface area contributed by atoms with Crippen LogP contribution in [-0.2, 0) is 12.8 Å². The normalized spacial score (nSPS) is 11.9. The van der Waals surface area contributed by atoms with Gasteiger partial charge in [-0.05, 0) is 158 Å². The number of hydrogen-bond donors (Lipinski definition) is 1. The van der Waals surface area contributed by atoms with Gasteiger partial charge < -0.3 is 19.3 Å². The van der Waals surface area contributed by atoms with Crippen LogP contribution in [0.25, 0.3) is 87.6 Å².